The zero-order valence-corrected chi connectivity index (χ0v) is 9.47. The number of ketones is 1. The predicted octanol–water partition coefficient (Wildman–Crippen LogP) is 2.53. The lowest BCUT2D eigenvalue weighted by Gasteiger charge is -2.08. The summed E-state index contributed by atoms with van der Waals surface area (Å²) in [7, 11) is 1.67. The normalized spacial score (nSPS) is 12.7. The van der Waals surface area contributed by atoms with Crippen molar-refractivity contribution in [3.05, 3.63) is 22.4 Å². The lowest BCUT2D eigenvalue weighted by Crippen LogP contribution is -2.12. The molecule has 14 heavy (non-hydrogen) atoms. The van der Waals surface area contributed by atoms with E-state index in [1.807, 2.05) is 23.8 Å². The van der Waals surface area contributed by atoms with Crippen LogP contribution in [-0.2, 0) is 16.0 Å². The molecule has 1 rings (SSSR count). The van der Waals surface area contributed by atoms with Gasteiger partial charge in [0.2, 0.25) is 0 Å². The molecule has 0 aliphatic heterocycles. The summed E-state index contributed by atoms with van der Waals surface area (Å²) in [5.41, 5.74) is 1.13. The van der Waals surface area contributed by atoms with E-state index in [0.717, 1.165) is 5.56 Å². The Kier molecular flexibility index (Phi) is 4.84. The number of carbonyl (C=O) groups is 1. The van der Waals surface area contributed by atoms with Gasteiger partial charge in [-0.1, -0.05) is 6.92 Å². The zero-order valence-electron chi connectivity index (χ0n) is 8.66. The van der Waals surface area contributed by atoms with Gasteiger partial charge in [0.05, 0.1) is 0 Å². The molecule has 3 heteroatoms. The highest BCUT2D eigenvalue weighted by Gasteiger charge is 2.09. The van der Waals surface area contributed by atoms with E-state index in [1.165, 1.54) is 0 Å². The topological polar surface area (TPSA) is 26.3 Å². The van der Waals surface area contributed by atoms with E-state index in [-0.39, 0.29) is 0 Å². The van der Waals surface area contributed by atoms with Crippen molar-refractivity contribution in [3.63, 3.8) is 0 Å². The van der Waals surface area contributed by atoms with E-state index >= 15 is 0 Å². The van der Waals surface area contributed by atoms with Crippen molar-refractivity contribution >= 4 is 17.1 Å². The fraction of sp³-hybridized carbons (Fsp3) is 0.545. The van der Waals surface area contributed by atoms with Gasteiger partial charge in [0.15, 0.2) is 0 Å². The van der Waals surface area contributed by atoms with Crippen LogP contribution in [0.4, 0.5) is 0 Å². The smallest absolute Gasteiger partial charge is 0.137 e. The molecule has 0 aliphatic carbocycles. The molecular weight excluding hydrogens is 196 g/mol. The Morgan fingerprint density at radius 2 is 2.43 bits per heavy atom. The highest BCUT2D eigenvalue weighted by molar-refractivity contribution is 7.07. The molecule has 1 aromatic heterocycles. The third-order valence-electron chi connectivity index (χ3n) is 2.01. The number of rotatable bonds is 6. The van der Waals surface area contributed by atoms with Gasteiger partial charge in [0.25, 0.3) is 0 Å². The summed E-state index contributed by atoms with van der Waals surface area (Å²) in [5.74, 6) is 0.624. The van der Waals surface area contributed by atoms with Gasteiger partial charge in [-0.25, -0.2) is 0 Å². The first-order valence-electron chi connectivity index (χ1n) is 4.74. The monoisotopic (exact) mass is 212 g/mol. The largest absolute Gasteiger partial charge is 0.384 e. The standard InChI is InChI=1S/C11H16O2S/c1-9(7-13-2)5-11(12)6-10-3-4-14-8-10/h3-4,8-9H,5-7H2,1-2H3. The molecular formula is C11H16O2S. The summed E-state index contributed by atoms with van der Waals surface area (Å²) >= 11 is 1.63. The number of ether oxygens (including phenoxy) is 1. The second-order valence-corrected chi connectivity index (χ2v) is 4.39. The fourth-order valence-electron chi connectivity index (χ4n) is 1.43. The van der Waals surface area contributed by atoms with E-state index in [9.17, 15) is 4.79 Å². The molecule has 0 saturated carbocycles. The molecule has 0 N–H and O–H groups in total. The van der Waals surface area contributed by atoms with E-state index in [1.54, 1.807) is 18.4 Å². The minimum absolute atomic E-state index is 0.299. The fourth-order valence-corrected chi connectivity index (χ4v) is 2.09. The first kappa shape index (κ1) is 11.4. The Morgan fingerprint density at radius 1 is 1.64 bits per heavy atom. The van der Waals surface area contributed by atoms with E-state index in [4.69, 9.17) is 4.74 Å². The highest BCUT2D eigenvalue weighted by Crippen LogP contribution is 2.10. The number of carbonyl (C=O) groups excluding carboxylic acids is 1. The summed E-state index contributed by atoms with van der Waals surface area (Å²) < 4.78 is 4.99. The number of methoxy groups -OCH3 is 1. The molecule has 1 atom stereocenters. The SMILES string of the molecule is COCC(C)CC(=O)Cc1ccsc1. The van der Waals surface area contributed by atoms with E-state index < -0.39 is 0 Å². The first-order valence-corrected chi connectivity index (χ1v) is 5.68. The van der Waals surface area contributed by atoms with Crippen LogP contribution in [0, 0.1) is 5.92 Å². The number of thiophene rings is 1. The highest BCUT2D eigenvalue weighted by atomic mass is 32.1. The average molecular weight is 212 g/mol. The van der Waals surface area contributed by atoms with Gasteiger partial charge in [-0.3, -0.25) is 4.79 Å². The Hall–Kier alpha value is -0.670. The second-order valence-electron chi connectivity index (χ2n) is 3.61. The third kappa shape index (κ3) is 4.03. The maximum atomic E-state index is 11.5. The summed E-state index contributed by atoms with van der Waals surface area (Å²) in [6.07, 6.45) is 1.18. The van der Waals surface area contributed by atoms with Gasteiger partial charge < -0.3 is 4.74 Å². The molecule has 78 valence electrons. The molecule has 1 unspecified atom stereocenters. The summed E-state index contributed by atoms with van der Waals surface area (Å²) in [5, 5.41) is 4.03. The van der Waals surface area contributed by atoms with Gasteiger partial charge in [-0.05, 0) is 28.3 Å². The third-order valence-corrected chi connectivity index (χ3v) is 2.74. The molecule has 0 bridgehead atoms. The number of hydrogen-bond donors (Lipinski definition) is 0. The van der Waals surface area contributed by atoms with Gasteiger partial charge in [-0.2, -0.15) is 11.3 Å². The molecule has 0 aliphatic rings. The molecule has 0 aromatic carbocycles. The van der Waals surface area contributed by atoms with E-state index in [0.29, 0.717) is 31.1 Å². The minimum Gasteiger partial charge on any atom is -0.384 e. The molecule has 0 fully saturated rings. The average Bonchev–Trinajstić information content (AvgIpc) is 2.56. The molecule has 1 aromatic rings. The van der Waals surface area contributed by atoms with Gasteiger partial charge in [-0.15, -0.1) is 0 Å². The van der Waals surface area contributed by atoms with Crippen LogP contribution in [0.25, 0.3) is 0 Å². The van der Waals surface area contributed by atoms with Gasteiger partial charge in [0, 0.05) is 26.6 Å². The number of hydrogen-bond acceptors (Lipinski definition) is 3. The van der Waals surface area contributed by atoms with Crippen molar-refractivity contribution in [1.29, 1.82) is 0 Å². The first-order chi connectivity index (χ1) is 6.72. The van der Waals surface area contributed by atoms with Crippen LogP contribution in [0.5, 0.6) is 0 Å². The maximum absolute atomic E-state index is 11.5. The van der Waals surface area contributed by atoms with Crippen LogP contribution in [0.1, 0.15) is 18.9 Å². The number of Topliss-reactive ketones (excluding diaryl/α,β-unsaturated/α-hetero) is 1. The Balaban J connectivity index is 2.29. The van der Waals surface area contributed by atoms with Crippen LogP contribution in [-0.4, -0.2) is 19.5 Å². The summed E-state index contributed by atoms with van der Waals surface area (Å²) in [4.78, 5) is 11.5. The van der Waals surface area contributed by atoms with Gasteiger partial charge >= 0.3 is 0 Å². The Bertz CT molecular complexity index is 267. The van der Waals surface area contributed by atoms with Crippen LogP contribution in [0.3, 0.4) is 0 Å². The Labute approximate surface area is 88.9 Å². The van der Waals surface area contributed by atoms with Crippen molar-refractivity contribution in [2.45, 2.75) is 19.8 Å². The van der Waals surface area contributed by atoms with Crippen LogP contribution < -0.4 is 0 Å². The minimum atomic E-state index is 0.299. The lowest BCUT2D eigenvalue weighted by molar-refractivity contribution is -0.119. The lowest BCUT2D eigenvalue weighted by atomic mass is 10.0. The molecule has 0 radical (unpaired) electrons. The molecule has 0 saturated heterocycles. The Morgan fingerprint density at radius 3 is 3.00 bits per heavy atom. The summed E-state index contributed by atoms with van der Waals surface area (Å²) in [6.45, 7) is 2.70. The summed E-state index contributed by atoms with van der Waals surface area (Å²) in [6, 6.07) is 2.00. The van der Waals surface area contributed by atoms with Crippen molar-refractivity contribution in [1.82, 2.24) is 0 Å². The van der Waals surface area contributed by atoms with Crippen molar-refractivity contribution < 1.29 is 9.53 Å². The van der Waals surface area contributed by atoms with Crippen LogP contribution >= 0.6 is 11.3 Å². The van der Waals surface area contributed by atoms with Crippen molar-refractivity contribution in [2.24, 2.45) is 5.92 Å². The van der Waals surface area contributed by atoms with Crippen LogP contribution in [0.2, 0.25) is 0 Å². The van der Waals surface area contributed by atoms with Crippen molar-refractivity contribution in [3.8, 4) is 0 Å². The van der Waals surface area contributed by atoms with Gasteiger partial charge in [0.1, 0.15) is 5.78 Å². The molecule has 1 heterocycles. The molecule has 2 nitrogen and oxygen atoms in total. The quantitative estimate of drug-likeness (QED) is 0.724. The zero-order chi connectivity index (χ0) is 10.4. The second kappa shape index (κ2) is 5.94. The maximum Gasteiger partial charge on any atom is 0.137 e. The molecule has 0 spiro atoms. The van der Waals surface area contributed by atoms with Crippen LogP contribution in [0.15, 0.2) is 16.8 Å². The molecule has 0 amide bonds. The predicted molar refractivity (Wildman–Crippen MR) is 58.7 cm³/mol. The van der Waals surface area contributed by atoms with Crippen molar-refractivity contribution in [2.75, 3.05) is 13.7 Å². The van der Waals surface area contributed by atoms with E-state index in [2.05, 4.69) is 0 Å².